The molecule has 0 spiro atoms. The van der Waals surface area contributed by atoms with Crippen molar-refractivity contribution in [1.29, 1.82) is 5.41 Å². The molecule has 0 radical (unpaired) electrons. The normalized spacial score (nSPS) is 12.4. The molecule has 0 unspecified atom stereocenters. The number of nitrogens with zero attached hydrogens (tertiary/aromatic N) is 2. The van der Waals surface area contributed by atoms with Gasteiger partial charge in [0.1, 0.15) is 23.6 Å². The first kappa shape index (κ1) is 24.9. The monoisotopic (exact) mass is 490 g/mol. The fourth-order valence-electron chi connectivity index (χ4n) is 3.28. The second-order valence-corrected chi connectivity index (χ2v) is 8.87. The van der Waals surface area contributed by atoms with Crippen LogP contribution in [0.1, 0.15) is 25.0 Å². The summed E-state index contributed by atoms with van der Waals surface area (Å²) in [5.41, 5.74) is 0.455. The maximum atomic E-state index is 13.2. The van der Waals surface area contributed by atoms with Crippen molar-refractivity contribution >= 4 is 40.9 Å². The quantitative estimate of drug-likeness (QED) is 0.294. The lowest BCUT2D eigenvalue weighted by Crippen LogP contribution is -2.77. The van der Waals surface area contributed by atoms with Gasteiger partial charge in [-0.05, 0) is 19.9 Å². The molecule has 0 aliphatic heterocycles. The van der Waals surface area contributed by atoms with Crippen LogP contribution in [0.5, 0.6) is 0 Å². The van der Waals surface area contributed by atoms with E-state index in [1.54, 1.807) is 38.2 Å². The van der Waals surface area contributed by atoms with Crippen LogP contribution in [0.25, 0.3) is 5.69 Å². The van der Waals surface area contributed by atoms with Crippen molar-refractivity contribution in [3.8, 4) is 5.69 Å². The number of aromatic nitrogens is 2. The van der Waals surface area contributed by atoms with E-state index in [0.29, 0.717) is 28.8 Å². The molecule has 6 N–H and O–H groups in total. The van der Waals surface area contributed by atoms with E-state index in [2.05, 4.69) is 10.3 Å². The molecule has 1 aromatic carbocycles. The highest BCUT2D eigenvalue weighted by molar-refractivity contribution is 6.32. The second kappa shape index (κ2) is 10.5. The van der Waals surface area contributed by atoms with Crippen LogP contribution >= 0.6 is 23.2 Å². The van der Waals surface area contributed by atoms with Gasteiger partial charge in [-0.25, -0.2) is 4.98 Å². The third-order valence-electron chi connectivity index (χ3n) is 5.26. The van der Waals surface area contributed by atoms with E-state index in [1.807, 2.05) is 23.5 Å². The fourth-order valence-corrected chi connectivity index (χ4v) is 3.69. The van der Waals surface area contributed by atoms with E-state index >= 15 is 0 Å². The summed E-state index contributed by atoms with van der Waals surface area (Å²) >= 11 is 12.5. The summed E-state index contributed by atoms with van der Waals surface area (Å²) in [5, 5.41) is 33.3. The number of benzene rings is 1. The molecule has 10 heteroatoms. The Labute approximate surface area is 201 Å². The van der Waals surface area contributed by atoms with Gasteiger partial charge in [-0.2, -0.15) is 0 Å². The molecule has 1 atom stereocenters. The van der Waals surface area contributed by atoms with Gasteiger partial charge in [-0.3, -0.25) is 9.36 Å². The molecule has 0 saturated carbocycles. The molecule has 33 heavy (non-hydrogen) atoms. The zero-order chi connectivity index (χ0) is 24.2. The molecule has 0 aliphatic rings. The molecule has 2 aromatic heterocycles. The molecule has 0 saturated heterocycles. The first-order valence-corrected chi connectivity index (χ1v) is 11.0. The molecular formula is C23H26Cl2N5O3+. The lowest BCUT2D eigenvalue weighted by Gasteiger charge is -2.29. The van der Waals surface area contributed by atoms with Gasteiger partial charge in [0, 0.05) is 35.1 Å². The first-order valence-electron chi connectivity index (χ1n) is 10.2. The Kier molecular flexibility index (Phi) is 7.88. The molecule has 0 aliphatic carbocycles. The number of hydrogen-bond acceptors (Lipinski definition) is 6. The van der Waals surface area contributed by atoms with E-state index in [0.717, 1.165) is 11.8 Å². The van der Waals surface area contributed by atoms with E-state index in [9.17, 15) is 15.0 Å². The lowest BCUT2D eigenvalue weighted by molar-refractivity contribution is -0.588. The molecule has 174 valence electrons. The van der Waals surface area contributed by atoms with Crippen molar-refractivity contribution in [2.75, 3.05) is 11.9 Å². The first-order chi connectivity index (χ1) is 15.7. The Morgan fingerprint density at radius 3 is 2.64 bits per heavy atom. The molecule has 3 aromatic rings. The minimum atomic E-state index is -1.21. The van der Waals surface area contributed by atoms with Crippen LogP contribution in [-0.4, -0.2) is 44.2 Å². The molecule has 3 rings (SSSR count). The number of rotatable bonds is 9. The summed E-state index contributed by atoms with van der Waals surface area (Å²) in [5.74, 6) is 0.327. The number of aliphatic hydroxyl groups excluding tert-OH is 1. The molecule has 2 heterocycles. The molecular weight excluding hydrogens is 465 g/mol. The molecule has 0 bridgehead atoms. The van der Waals surface area contributed by atoms with Crippen LogP contribution in [-0.2, 0) is 6.54 Å². The van der Waals surface area contributed by atoms with E-state index < -0.39 is 17.2 Å². The summed E-state index contributed by atoms with van der Waals surface area (Å²) in [6.45, 7) is 3.32. The zero-order valence-corrected chi connectivity index (χ0v) is 19.7. The van der Waals surface area contributed by atoms with Crippen molar-refractivity contribution in [2.24, 2.45) is 0 Å². The average Bonchev–Trinajstić information content (AvgIpc) is 2.77. The van der Waals surface area contributed by atoms with Crippen LogP contribution < -0.4 is 16.2 Å². The topological polar surface area (TPSA) is 128 Å². The highest BCUT2D eigenvalue weighted by Crippen LogP contribution is 2.23. The molecule has 0 fully saturated rings. The fraction of sp³-hybridized carbons (Fsp3) is 0.261. The molecule has 0 amide bonds. The van der Waals surface area contributed by atoms with Crippen molar-refractivity contribution in [3.63, 3.8) is 0 Å². The van der Waals surface area contributed by atoms with Crippen molar-refractivity contribution in [3.05, 3.63) is 80.3 Å². The Morgan fingerprint density at radius 2 is 2.00 bits per heavy atom. The van der Waals surface area contributed by atoms with E-state index in [-0.39, 0.29) is 17.2 Å². The zero-order valence-electron chi connectivity index (χ0n) is 18.2. The third kappa shape index (κ3) is 5.79. The predicted octanol–water partition coefficient (Wildman–Crippen LogP) is 2.48. The maximum absolute atomic E-state index is 13.2. The standard InChI is InChI=1S/C23H25Cl2N5O3/c1-23(2,33)20(13-31)29-21-9-19(17(25)12-28-21)30-8-7-18(15(10-26)22(30)32)27-11-14-5-3-4-6-16(14)24/h3-10,12,20,26-27,31,33H,11,13H2,1-2H3,(H,28,29)/p+1/t20-/m1/s1. The van der Waals surface area contributed by atoms with Gasteiger partial charge in [0.2, 0.25) is 0 Å². The van der Waals surface area contributed by atoms with E-state index in [4.69, 9.17) is 28.6 Å². The average molecular weight is 491 g/mol. The Bertz CT molecular complexity index is 1210. The van der Waals surface area contributed by atoms with E-state index in [1.165, 1.54) is 10.8 Å². The maximum Gasteiger partial charge on any atom is 0.270 e. The van der Waals surface area contributed by atoms with Gasteiger partial charge in [-0.1, -0.05) is 41.4 Å². The van der Waals surface area contributed by atoms with Gasteiger partial charge >= 0.3 is 0 Å². The largest absolute Gasteiger partial charge is 0.394 e. The number of quaternary nitrogens is 1. The Balaban J connectivity index is 1.94. The second-order valence-electron chi connectivity index (χ2n) is 8.06. The third-order valence-corrected chi connectivity index (χ3v) is 5.92. The van der Waals surface area contributed by atoms with Crippen LogP contribution in [0, 0.1) is 5.41 Å². The number of pyridine rings is 2. The summed E-state index contributed by atoms with van der Waals surface area (Å²) in [6, 6.07) is 10.0. The van der Waals surface area contributed by atoms with Crippen molar-refractivity contribution < 1.29 is 15.5 Å². The highest BCUT2D eigenvalue weighted by Gasteiger charge is 2.26. The highest BCUT2D eigenvalue weighted by atomic mass is 35.5. The van der Waals surface area contributed by atoms with Crippen molar-refractivity contribution in [1.82, 2.24) is 9.55 Å². The van der Waals surface area contributed by atoms with Crippen LogP contribution in [0.15, 0.2) is 53.6 Å². The number of nitrogens with two attached hydrogens (primary N) is 1. The number of hydrogen-bond donors (Lipinski definition) is 5. The van der Waals surface area contributed by atoms with Gasteiger partial charge in [-0.15, -0.1) is 0 Å². The summed E-state index contributed by atoms with van der Waals surface area (Å²) in [6.07, 6.45) is 3.98. The van der Waals surface area contributed by atoms with Crippen molar-refractivity contribution in [2.45, 2.75) is 32.0 Å². The van der Waals surface area contributed by atoms with Gasteiger partial charge in [0.05, 0.1) is 35.2 Å². The summed E-state index contributed by atoms with van der Waals surface area (Å²) < 4.78 is 1.33. The Hall–Kier alpha value is -2.75. The van der Waals surface area contributed by atoms with Gasteiger partial charge in [0.15, 0.2) is 0 Å². The predicted molar refractivity (Wildman–Crippen MR) is 130 cm³/mol. The van der Waals surface area contributed by atoms with Crippen LogP contribution in [0.3, 0.4) is 0 Å². The number of nitrogens with one attached hydrogen (secondary N) is 2. The minimum Gasteiger partial charge on any atom is -0.394 e. The number of halogens is 2. The van der Waals surface area contributed by atoms with Crippen LogP contribution in [0.2, 0.25) is 10.0 Å². The Morgan fingerprint density at radius 1 is 1.27 bits per heavy atom. The van der Waals surface area contributed by atoms with Crippen LogP contribution in [0.4, 0.5) is 11.5 Å². The number of aliphatic hydroxyl groups is 2. The molecule has 8 nitrogen and oxygen atoms in total. The van der Waals surface area contributed by atoms with Gasteiger partial charge < -0.3 is 26.3 Å². The lowest BCUT2D eigenvalue weighted by atomic mass is 10.00. The SMILES string of the molecule is CC(C)(O)[C@@H](CO)Nc1cc(-n2ccc([NH2+]Cc3ccccc3Cl)c(C=N)c2=O)c(Cl)cn1. The summed E-state index contributed by atoms with van der Waals surface area (Å²) in [7, 11) is 0. The minimum absolute atomic E-state index is 0.205. The van der Waals surface area contributed by atoms with Gasteiger partial charge in [0.25, 0.3) is 5.56 Å². The smallest absolute Gasteiger partial charge is 0.270 e. The summed E-state index contributed by atoms with van der Waals surface area (Å²) in [4.78, 5) is 17.4. The number of anilines is 1.